The molecule has 100 valence electrons. The first kappa shape index (κ1) is 12.9. The lowest BCUT2D eigenvalue weighted by Gasteiger charge is -2.14. The lowest BCUT2D eigenvalue weighted by Crippen LogP contribution is -2.25. The molecule has 0 amide bonds. The number of halogens is 3. The van der Waals surface area contributed by atoms with Crippen molar-refractivity contribution in [3.05, 3.63) is 23.0 Å². The molecule has 1 N–H and O–H groups in total. The number of hydrogen-bond donors (Lipinski definition) is 1. The van der Waals surface area contributed by atoms with Crippen LogP contribution in [-0.2, 0) is 24.8 Å². The van der Waals surface area contributed by atoms with Crippen molar-refractivity contribution in [3.63, 3.8) is 0 Å². The maximum atomic E-state index is 12.0. The summed E-state index contributed by atoms with van der Waals surface area (Å²) in [4.78, 5) is 11.6. The summed E-state index contributed by atoms with van der Waals surface area (Å²) >= 11 is 0. The molecule has 0 saturated carbocycles. The number of carbonyl (C=O) groups excluding carboxylic acids is 1. The number of fused-ring (bicyclic) bond motifs is 1. The zero-order chi connectivity index (χ0) is 13.3. The Kier molecular flexibility index (Phi) is 3.34. The highest BCUT2D eigenvalue weighted by Crippen LogP contribution is 2.20. The molecule has 0 saturated heterocycles. The minimum Gasteiger partial charge on any atom is -0.451 e. The Morgan fingerprint density at radius 1 is 1.56 bits per heavy atom. The van der Waals surface area contributed by atoms with Gasteiger partial charge in [0.2, 0.25) is 0 Å². The standard InChI is InChI=1S/C11H13F3N2O2/c1-16-8(10(17)18-6-11(12,13)14)4-7-2-3-15-5-9(7)16/h4,15H,2-3,5-6H2,1H3. The predicted molar refractivity (Wildman–Crippen MR) is 57.2 cm³/mol. The third kappa shape index (κ3) is 2.66. The van der Waals surface area contributed by atoms with Crippen molar-refractivity contribution in [2.75, 3.05) is 13.2 Å². The Morgan fingerprint density at radius 2 is 2.28 bits per heavy atom. The van der Waals surface area contributed by atoms with Crippen LogP contribution in [0.3, 0.4) is 0 Å². The third-order valence-corrected chi connectivity index (χ3v) is 2.89. The highest BCUT2D eigenvalue weighted by molar-refractivity contribution is 5.88. The molecule has 0 bridgehead atoms. The molecule has 1 aliphatic rings. The smallest absolute Gasteiger partial charge is 0.422 e. The minimum absolute atomic E-state index is 0.160. The summed E-state index contributed by atoms with van der Waals surface area (Å²) in [7, 11) is 1.65. The quantitative estimate of drug-likeness (QED) is 0.819. The second-order valence-electron chi connectivity index (χ2n) is 4.18. The van der Waals surface area contributed by atoms with Crippen LogP contribution in [0.4, 0.5) is 13.2 Å². The summed E-state index contributed by atoms with van der Waals surface area (Å²) < 4.78 is 41.7. The zero-order valence-electron chi connectivity index (χ0n) is 9.80. The van der Waals surface area contributed by atoms with Gasteiger partial charge in [-0.2, -0.15) is 13.2 Å². The third-order valence-electron chi connectivity index (χ3n) is 2.89. The van der Waals surface area contributed by atoms with E-state index < -0.39 is 18.8 Å². The van der Waals surface area contributed by atoms with E-state index in [4.69, 9.17) is 0 Å². The predicted octanol–water partition coefficient (Wildman–Crippen LogP) is 1.39. The molecule has 0 unspecified atom stereocenters. The van der Waals surface area contributed by atoms with Crippen LogP contribution < -0.4 is 5.32 Å². The Hall–Kier alpha value is -1.50. The first-order valence-electron chi connectivity index (χ1n) is 5.50. The van der Waals surface area contributed by atoms with Crippen LogP contribution in [-0.4, -0.2) is 29.9 Å². The molecule has 0 spiro atoms. The molecule has 1 aromatic heterocycles. The Bertz CT molecular complexity index is 466. The van der Waals surface area contributed by atoms with Crippen LogP contribution in [0, 0.1) is 0 Å². The number of hydrogen-bond acceptors (Lipinski definition) is 3. The molecule has 4 nitrogen and oxygen atoms in total. The van der Waals surface area contributed by atoms with Crippen LogP contribution in [0.1, 0.15) is 21.7 Å². The molecule has 7 heteroatoms. The maximum absolute atomic E-state index is 12.0. The average molecular weight is 262 g/mol. The summed E-state index contributed by atoms with van der Waals surface area (Å²) in [5, 5.41) is 3.14. The molecule has 2 heterocycles. The molecule has 1 aliphatic heterocycles. The topological polar surface area (TPSA) is 43.3 Å². The van der Waals surface area contributed by atoms with Gasteiger partial charge in [0.1, 0.15) is 5.69 Å². The van der Waals surface area contributed by atoms with E-state index in [1.807, 2.05) is 0 Å². The number of nitrogens with zero attached hydrogens (tertiary/aromatic N) is 1. The van der Waals surface area contributed by atoms with Crippen molar-refractivity contribution in [2.45, 2.75) is 19.1 Å². The molecule has 0 fully saturated rings. The van der Waals surface area contributed by atoms with Gasteiger partial charge in [0.15, 0.2) is 6.61 Å². The fourth-order valence-corrected chi connectivity index (χ4v) is 2.00. The van der Waals surface area contributed by atoms with Crippen LogP contribution in [0.2, 0.25) is 0 Å². The van der Waals surface area contributed by atoms with E-state index in [1.54, 1.807) is 17.7 Å². The molecular formula is C11H13F3N2O2. The van der Waals surface area contributed by atoms with Gasteiger partial charge in [-0.05, 0) is 24.6 Å². The van der Waals surface area contributed by atoms with Gasteiger partial charge in [-0.1, -0.05) is 0 Å². The number of carbonyl (C=O) groups is 1. The van der Waals surface area contributed by atoms with Crippen molar-refractivity contribution in [1.82, 2.24) is 9.88 Å². The normalized spacial score (nSPS) is 15.3. The summed E-state index contributed by atoms with van der Waals surface area (Å²) in [6, 6.07) is 1.61. The van der Waals surface area contributed by atoms with Gasteiger partial charge in [-0.3, -0.25) is 0 Å². The van der Waals surface area contributed by atoms with Crippen molar-refractivity contribution in [3.8, 4) is 0 Å². The largest absolute Gasteiger partial charge is 0.451 e. The number of nitrogens with one attached hydrogen (secondary N) is 1. The van der Waals surface area contributed by atoms with Crippen molar-refractivity contribution >= 4 is 5.97 Å². The van der Waals surface area contributed by atoms with E-state index >= 15 is 0 Å². The van der Waals surface area contributed by atoms with Gasteiger partial charge < -0.3 is 14.6 Å². The highest BCUT2D eigenvalue weighted by atomic mass is 19.4. The van der Waals surface area contributed by atoms with Crippen molar-refractivity contribution in [1.29, 1.82) is 0 Å². The van der Waals surface area contributed by atoms with Crippen molar-refractivity contribution in [2.24, 2.45) is 7.05 Å². The summed E-state index contributed by atoms with van der Waals surface area (Å²) in [5.74, 6) is -0.941. The first-order valence-corrected chi connectivity index (χ1v) is 5.50. The Labute approximate surface area is 102 Å². The zero-order valence-corrected chi connectivity index (χ0v) is 9.80. The van der Waals surface area contributed by atoms with E-state index in [0.29, 0.717) is 6.54 Å². The summed E-state index contributed by atoms with van der Waals surface area (Å²) in [5.41, 5.74) is 2.06. The van der Waals surface area contributed by atoms with E-state index in [1.165, 1.54) is 0 Å². The molecule has 1 aromatic rings. The van der Waals surface area contributed by atoms with E-state index in [9.17, 15) is 18.0 Å². The van der Waals surface area contributed by atoms with Gasteiger partial charge in [0.05, 0.1) is 0 Å². The van der Waals surface area contributed by atoms with Crippen LogP contribution in [0.5, 0.6) is 0 Å². The lowest BCUT2D eigenvalue weighted by molar-refractivity contribution is -0.161. The molecular weight excluding hydrogens is 249 g/mol. The maximum Gasteiger partial charge on any atom is 0.422 e. The van der Waals surface area contributed by atoms with E-state index in [0.717, 1.165) is 24.2 Å². The summed E-state index contributed by atoms with van der Waals surface area (Å²) in [6.07, 6.45) is -3.74. The highest BCUT2D eigenvalue weighted by Gasteiger charge is 2.30. The lowest BCUT2D eigenvalue weighted by atomic mass is 10.1. The number of aromatic nitrogens is 1. The fraction of sp³-hybridized carbons (Fsp3) is 0.545. The average Bonchev–Trinajstić information content (AvgIpc) is 2.64. The van der Waals surface area contributed by atoms with Crippen LogP contribution in [0.25, 0.3) is 0 Å². The SMILES string of the molecule is Cn1c(C(=O)OCC(F)(F)F)cc2c1CNCC2. The van der Waals surface area contributed by atoms with E-state index in [-0.39, 0.29) is 5.69 Å². The molecule has 0 radical (unpaired) electrons. The summed E-state index contributed by atoms with van der Waals surface area (Å²) in [6.45, 7) is -0.146. The number of ether oxygens (including phenoxy) is 1. The number of alkyl halides is 3. The van der Waals surface area contributed by atoms with Gasteiger partial charge in [0, 0.05) is 19.3 Å². The minimum atomic E-state index is -4.50. The Balaban J connectivity index is 2.13. The van der Waals surface area contributed by atoms with Gasteiger partial charge in [-0.15, -0.1) is 0 Å². The van der Waals surface area contributed by atoms with Crippen LogP contribution in [0.15, 0.2) is 6.07 Å². The number of rotatable bonds is 2. The van der Waals surface area contributed by atoms with Crippen molar-refractivity contribution < 1.29 is 22.7 Å². The molecule has 18 heavy (non-hydrogen) atoms. The van der Waals surface area contributed by atoms with Crippen LogP contribution >= 0.6 is 0 Å². The fourth-order valence-electron chi connectivity index (χ4n) is 2.00. The van der Waals surface area contributed by atoms with E-state index in [2.05, 4.69) is 10.1 Å². The van der Waals surface area contributed by atoms with Gasteiger partial charge >= 0.3 is 12.1 Å². The second kappa shape index (κ2) is 4.64. The van der Waals surface area contributed by atoms with Gasteiger partial charge in [-0.25, -0.2) is 4.79 Å². The number of esters is 1. The monoisotopic (exact) mass is 262 g/mol. The molecule has 0 aromatic carbocycles. The molecule has 2 rings (SSSR count). The first-order chi connectivity index (χ1) is 8.38. The second-order valence-corrected chi connectivity index (χ2v) is 4.18. The van der Waals surface area contributed by atoms with Gasteiger partial charge in [0.25, 0.3) is 0 Å². The molecule has 0 atom stereocenters. The molecule has 0 aliphatic carbocycles. The Morgan fingerprint density at radius 3 is 2.89 bits per heavy atom.